The van der Waals surface area contributed by atoms with Gasteiger partial charge in [0, 0.05) is 21.8 Å². The quantitative estimate of drug-likeness (QED) is 0.316. The molecule has 0 aliphatic carbocycles. The summed E-state index contributed by atoms with van der Waals surface area (Å²) in [5, 5.41) is 11.5. The molecule has 4 rings (SSSR count). The maximum Gasteiger partial charge on any atom is 0.300 e. The summed E-state index contributed by atoms with van der Waals surface area (Å²) in [5.41, 5.74) is 0.563. The first-order valence-corrected chi connectivity index (χ1v) is 10.3. The van der Waals surface area contributed by atoms with Gasteiger partial charge in [0.15, 0.2) is 0 Å². The van der Waals surface area contributed by atoms with Gasteiger partial charge in [-0.2, -0.15) is 0 Å². The van der Waals surface area contributed by atoms with Crippen molar-refractivity contribution in [1.29, 1.82) is 0 Å². The Hall–Kier alpha value is -3.64. The molecule has 1 atom stereocenters. The average Bonchev–Trinajstić information content (AvgIpc) is 3.05. The van der Waals surface area contributed by atoms with Crippen LogP contribution in [-0.2, 0) is 9.59 Å². The van der Waals surface area contributed by atoms with E-state index in [1.807, 2.05) is 6.92 Å². The van der Waals surface area contributed by atoms with Gasteiger partial charge in [0.2, 0.25) is 0 Å². The number of anilines is 1. The summed E-state index contributed by atoms with van der Waals surface area (Å²) in [6.07, 6.45) is 0. The van der Waals surface area contributed by atoms with Gasteiger partial charge in [-0.1, -0.05) is 29.8 Å². The highest BCUT2D eigenvalue weighted by Gasteiger charge is 2.47. The molecule has 7 heteroatoms. The number of hydrogen-bond acceptors (Lipinski definition) is 4. The summed E-state index contributed by atoms with van der Waals surface area (Å²) in [6.45, 7) is 2.32. The molecule has 0 saturated carbocycles. The number of aliphatic hydroxyl groups excluding tert-OH is 1. The molecule has 1 fully saturated rings. The van der Waals surface area contributed by atoms with Crippen molar-refractivity contribution < 1.29 is 23.8 Å². The highest BCUT2D eigenvalue weighted by atomic mass is 35.5. The SMILES string of the molecule is CCOc1ccc(/C(O)=C2/C(=O)C(=O)N(c3ccc(Cl)cc3)C2c2ccccc2F)cc1. The van der Waals surface area contributed by atoms with Crippen LogP contribution in [0.1, 0.15) is 24.1 Å². The fourth-order valence-corrected chi connectivity index (χ4v) is 3.85. The molecule has 0 bridgehead atoms. The molecule has 1 amide bonds. The number of amides is 1. The van der Waals surface area contributed by atoms with Crippen LogP contribution in [0.2, 0.25) is 5.02 Å². The van der Waals surface area contributed by atoms with Crippen LogP contribution in [0.3, 0.4) is 0 Å². The maximum atomic E-state index is 14.8. The lowest BCUT2D eigenvalue weighted by molar-refractivity contribution is -0.132. The van der Waals surface area contributed by atoms with Crippen LogP contribution >= 0.6 is 11.6 Å². The number of Topliss-reactive ketones (excluding diaryl/α,β-unsaturated/α-hetero) is 1. The zero-order chi connectivity index (χ0) is 22.8. The van der Waals surface area contributed by atoms with Crippen molar-refractivity contribution in [2.45, 2.75) is 13.0 Å². The molecular formula is C25H19ClFNO4. The largest absolute Gasteiger partial charge is 0.507 e. The molecule has 162 valence electrons. The molecular weight excluding hydrogens is 433 g/mol. The molecule has 0 spiro atoms. The number of aliphatic hydroxyl groups is 1. The summed E-state index contributed by atoms with van der Waals surface area (Å²) in [7, 11) is 0. The molecule has 3 aromatic rings. The predicted molar refractivity (Wildman–Crippen MR) is 120 cm³/mol. The minimum absolute atomic E-state index is 0.0918. The van der Waals surface area contributed by atoms with Crippen molar-refractivity contribution in [2.75, 3.05) is 11.5 Å². The van der Waals surface area contributed by atoms with Crippen molar-refractivity contribution in [1.82, 2.24) is 0 Å². The van der Waals surface area contributed by atoms with Crippen molar-refractivity contribution in [3.05, 3.63) is 100 Å². The Bertz CT molecular complexity index is 1210. The lowest BCUT2D eigenvalue weighted by Gasteiger charge is -2.25. The Kier molecular flexibility index (Phi) is 5.97. The van der Waals surface area contributed by atoms with Crippen LogP contribution in [0.4, 0.5) is 10.1 Å². The second-order valence-electron chi connectivity index (χ2n) is 7.12. The Morgan fingerprint density at radius 3 is 2.31 bits per heavy atom. The number of carbonyl (C=O) groups is 2. The number of carbonyl (C=O) groups excluding carboxylic acids is 2. The van der Waals surface area contributed by atoms with E-state index in [-0.39, 0.29) is 11.1 Å². The van der Waals surface area contributed by atoms with Gasteiger partial charge < -0.3 is 9.84 Å². The molecule has 0 aromatic heterocycles. The van der Waals surface area contributed by atoms with Crippen molar-refractivity contribution in [2.24, 2.45) is 0 Å². The third-order valence-electron chi connectivity index (χ3n) is 5.19. The third kappa shape index (κ3) is 3.85. The van der Waals surface area contributed by atoms with Gasteiger partial charge in [-0.05, 0) is 61.5 Å². The Labute approximate surface area is 189 Å². The number of hydrogen-bond donors (Lipinski definition) is 1. The predicted octanol–water partition coefficient (Wildman–Crippen LogP) is 5.50. The minimum atomic E-state index is -1.15. The van der Waals surface area contributed by atoms with E-state index < -0.39 is 29.3 Å². The maximum absolute atomic E-state index is 14.8. The molecule has 1 saturated heterocycles. The number of halogens is 2. The van der Waals surface area contributed by atoms with Crippen LogP contribution < -0.4 is 9.64 Å². The molecule has 1 aliphatic heterocycles. The summed E-state index contributed by atoms with van der Waals surface area (Å²) < 4.78 is 20.2. The second-order valence-corrected chi connectivity index (χ2v) is 7.56. The highest BCUT2D eigenvalue weighted by molar-refractivity contribution is 6.51. The summed E-state index contributed by atoms with van der Waals surface area (Å²) in [5.74, 6) is -2.17. The third-order valence-corrected chi connectivity index (χ3v) is 5.44. The molecule has 1 heterocycles. The lowest BCUT2D eigenvalue weighted by Crippen LogP contribution is -2.29. The monoisotopic (exact) mass is 451 g/mol. The normalized spacial score (nSPS) is 17.6. The van der Waals surface area contributed by atoms with Crippen molar-refractivity contribution in [3.63, 3.8) is 0 Å². The molecule has 32 heavy (non-hydrogen) atoms. The minimum Gasteiger partial charge on any atom is -0.507 e. The summed E-state index contributed by atoms with van der Waals surface area (Å²) in [4.78, 5) is 27.3. The molecule has 0 radical (unpaired) electrons. The van der Waals surface area contributed by atoms with Gasteiger partial charge in [0.25, 0.3) is 11.7 Å². The van der Waals surface area contributed by atoms with Crippen LogP contribution in [0.5, 0.6) is 5.75 Å². The first-order valence-electron chi connectivity index (χ1n) is 9.96. The topological polar surface area (TPSA) is 66.8 Å². The second kappa shape index (κ2) is 8.85. The summed E-state index contributed by atoms with van der Waals surface area (Å²) in [6, 6.07) is 17.4. The van der Waals surface area contributed by atoms with Gasteiger partial charge in [-0.25, -0.2) is 4.39 Å². The van der Waals surface area contributed by atoms with Gasteiger partial charge in [0.05, 0.1) is 18.2 Å². The number of ketones is 1. The van der Waals surface area contributed by atoms with Crippen LogP contribution in [-0.4, -0.2) is 23.4 Å². The van der Waals surface area contributed by atoms with Crippen LogP contribution in [0.25, 0.3) is 5.76 Å². The smallest absolute Gasteiger partial charge is 0.300 e. The lowest BCUT2D eigenvalue weighted by atomic mass is 9.94. The van der Waals surface area contributed by atoms with E-state index in [1.165, 1.54) is 23.1 Å². The van der Waals surface area contributed by atoms with E-state index in [2.05, 4.69) is 0 Å². The molecule has 3 aromatic carbocycles. The molecule has 1 N–H and O–H groups in total. The number of rotatable bonds is 5. The zero-order valence-corrected chi connectivity index (χ0v) is 17.8. The fraction of sp³-hybridized carbons (Fsp3) is 0.120. The zero-order valence-electron chi connectivity index (χ0n) is 17.1. The standard InChI is InChI=1S/C25H19ClFNO4/c1-2-32-18-13-7-15(8-14-18)23(29)21-22(19-5-3-4-6-20(19)27)28(25(31)24(21)30)17-11-9-16(26)10-12-17/h3-14,22,29H,2H2,1H3/b23-21-. The van der Waals surface area contributed by atoms with Crippen molar-refractivity contribution in [3.8, 4) is 5.75 Å². The number of nitrogens with zero attached hydrogens (tertiary/aromatic N) is 1. The van der Waals surface area contributed by atoms with Crippen LogP contribution in [0.15, 0.2) is 78.4 Å². The molecule has 1 aliphatic rings. The Morgan fingerprint density at radius 1 is 1.03 bits per heavy atom. The van der Waals surface area contributed by atoms with Gasteiger partial charge in [0.1, 0.15) is 17.3 Å². The van der Waals surface area contributed by atoms with Gasteiger partial charge in [-0.3, -0.25) is 14.5 Å². The molecule has 1 unspecified atom stereocenters. The number of ether oxygens (including phenoxy) is 1. The van der Waals surface area contributed by atoms with E-state index in [1.54, 1.807) is 54.6 Å². The Morgan fingerprint density at radius 2 is 1.69 bits per heavy atom. The first-order chi connectivity index (χ1) is 15.4. The van der Waals surface area contributed by atoms with Gasteiger partial charge in [-0.15, -0.1) is 0 Å². The number of benzene rings is 3. The van der Waals surface area contributed by atoms with Crippen LogP contribution in [0, 0.1) is 5.82 Å². The Balaban J connectivity index is 1.90. The molecule has 5 nitrogen and oxygen atoms in total. The van der Waals surface area contributed by atoms with Crippen molar-refractivity contribution >= 4 is 34.7 Å². The average molecular weight is 452 g/mol. The van der Waals surface area contributed by atoms with E-state index >= 15 is 0 Å². The fourth-order valence-electron chi connectivity index (χ4n) is 3.72. The highest BCUT2D eigenvalue weighted by Crippen LogP contribution is 2.43. The van der Waals surface area contributed by atoms with Gasteiger partial charge >= 0.3 is 0 Å². The van der Waals surface area contributed by atoms with E-state index in [0.29, 0.717) is 28.6 Å². The van der Waals surface area contributed by atoms with E-state index in [0.717, 1.165) is 0 Å². The summed E-state index contributed by atoms with van der Waals surface area (Å²) >= 11 is 5.97. The first kappa shape index (κ1) is 21.6. The van der Waals surface area contributed by atoms with E-state index in [4.69, 9.17) is 16.3 Å². The van der Waals surface area contributed by atoms with E-state index in [9.17, 15) is 19.1 Å².